The van der Waals surface area contributed by atoms with Crippen LogP contribution < -0.4 is 5.32 Å². The minimum atomic E-state index is 0.648. The molecule has 0 amide bonds. The van der Waals surface area contributed by atoms with Crippen LogP contribution in [0.3, 0.4) is 0 Å². The van der Waals surface area contributed by atoms with Crippen molar-refractivity contribution in [3.05, 3.63) is 24.0 Å². The summed E-state index contributed by atoms with van der Waals surface area (Å²) in [7, 11) is 0. The average Bonchev–Trinajstić information content (AvgIpc) is 2.59. The van der Waals surface area contributed by atoms with E-state index in [0.29, 0.717) is 6.04 Å². The minimum absolute atomic E-state index is 0.648. The standard InChI is InChI=1S/C16H26N2/c1-3-6-14-7-4-8-15(11-10-14)18-16-9-5-12-17-13(16)2/h5,9,12,14-15,18H,3-4,6-8,10-11H2,1-2H3. The van der Waals surface area contributed by atoms with Gasteiger partial charge in [0, 0.05) is 12.2 Å². The molecule has 2 rings (SSSR count). The molecule has 1 aromatic rings. The normalized spacial score (nSPS) is 24.6. The first kappa shape index (κ1) is 13.4. The van der Waals surface area contributed by atoms with Crippen molar-refractivity contribution in [2.45, 2.75) is 64.8 Å². The number of hydrogen-bond donors (Lipinski definition) is 1. The van der Waals surface area contributed by atoms with Crippen LogP contribution in [0.15, 0.2) is 18.3 Å². The smallest absolute Gasteiger partial charge is 0.0603 e. The number of anilines is 1. The molecule has 1 aromatic heterocycles. The summed E-state index contributed by atoms with van der Waals surface area (Å²) in [5.41, 5.74) is 2.34. The minimum Gasteiger partial charge on any atom is -0.381 e. The van der Waals surface area contributed by atoms with Crippen molar-refractivity contribution in [3.8, 4) is 0 Å². The molecule has 18 heavy (non-hydrogen) atoms. The van der Waals surface area contributed by atoms with Gasteiger partial charge in [0.1, 0.15) is 0 Å². The molecule has 100 valence electrons. The number of aromatic nitrogens is 1. The number of nitrogens with one attached hydrogen (secondary N) is 1. The molecule has 0 radical (unpaired) electrons. The molecule has 0 spiro atoms. The predicted octanol–water partition coefficient (Wildman–Crippen LogP) is 4.55. The molecule has 1 N–H and O–H groups in total. The topological polar surface area (TPSA) is 24.9 Å². The van der Waals surface area contributed by atoms with Crippen LogP contribution in [0.4, 0.5) is 5.69 Å². The van der Waals surface area contributed by atoms with Gasteiger partial charge in [-0.3, -0.25) is 4.98 Å². The van der Waals surface area contributed by atoms with E-state index in [4.69, 9.17) is 0 Å². The Labute approximate surface area is 111 Å². The zero-order valence-corrected chi connectivity index (χ0v) is 11.8. The van der Waals surface area contributed by atoms with Crippen LogP contribution in [0.2, 0.25) is 0 Å². The van der Waals surface area contributed by atoms with Gasteiger partial charge < -0.3 is 5.32 Å². The van der Waals surface area contributed by atoms with Crippen LogP contribution in [0.1, 0.15) is 57.6 Å². The second-order valence-electron chi connectivity index (χ2n) is 5.64. The Hall–Kier alpha value is -1.05. The molecule has 1 aliphatic carbocycles. The zero-order chi connectivity index (χ0) is 12.8. The predicted molar refractivity (Wildman–Crippen MR) is 77.9 cm³/mol. The molecule has 1 aliphatic rings. The first-order valence-electron chi connectivity index (χ1n) is 7.47. The van der Waals surface area contributed by atoms with E-state index in [1.807, 2.05) is 12.3 Å². The molecule has 2 unspecified atom stereocenters. The third kappa shape index (κ3) is 3.72. The van der Waals surface area contributed by atoms with Gasteiger partial charge in [-0.15, -0.1) is 0 Å². The van der Waals surface area contributed by atoms with Gasteiger partial charge in [0.15, 0.2) is 0 Å². The van der Waals surface area contributed by atoms with Crippen LogP contribution in [0.25, 0.3) is 0 Å². The van der Waals surface area contributed by atoms with E-state index in [1.54, 1.807) is 0 Å². The first-order chi connectivity index (χ1) is 8.79. The summed E-state index contributed by atoms with van der Waals surface area (Å²) in [4.78, 5) is 4.35. The molecule has 0 saturated heterocycles. The Morgan fingerprint density at radius 3 is 2.94 bits per heavy atom. The van der Waals surface area contributed by atoms with Gasteiger partial charge in [0.05, 0.1) is 11.4 Å². The fourth-order valence-corrected chi connectivity index (χ4v) is 3.08. The maximum Gasteiger partial charge on any atom is 0.0603 e. The Balaban J connectivity index is 1.89. The van der Waals surface area contributed by atoms with Gasteiger partial charge in [-0.05, 0) is 44.2 Å². The molecule has 1 fully saturated rings. The van der Waals surface area contributed by atoms with Crippen LogP contribution in [0.5, 0.6) is 0 Å². The number of aryl methyl sites for hydroxylation is 1. The Morgan fingerprint density at radius 1 is 1.28 bits per heavy atom. The molecular formula is C16H26N2. The molecule has 1 heterocycles. The lowest BCUT2D eigenvalue weighted by Crippen LogP contribution is -2.19. The van der Waals surface area contributed by atoms with Gasteiger partial charge in [-0.2, -0.15) is 0 Å². The molecule has 1 saturated carbocycles. The fraction of sp³-hybridized carbons (Fsp3) is 0.688. The number of rotatable bonds is 4. The van der Waals surface area contributed by atoms with E-state index >= 15 is 0 Å². The third-order valence-corrected chi connectivity index (χ3v) is 4.15. The summed E-state index contributed by atoms with van der Waals surface area (Å²) >= 11 is 0. The number of hydrogen-bond acceptors (Lipinski definition) is 2. The second-order valence-corrected chi connectivity index (χ2v) is 5.64. The molecule has 2 atom stereocenters. The van der Waals surface area contributed by atoms with Crippen molar-refractivity contribution in [2.24, 2.45) is 5.92 Å². The van der Waals surface area contributed by atoms with E-state index in [1.165, 1.54) is 50.6 Å². The SMILES string of the molecule is CCCC1CCCC(Nc2cccnc2C)CC1. The Morgan fingerprint density at radius 2 is 2.17 bits per heavy atom. The van der Waals surface area contributed by atoms with Crippen LogP contribution in [0, 0.1) is 12.8 Å². The second kappa shape index (κ2) is 6.77. The van der Waals surface area contributed by atoms with Crippen molar-refractivity contribution >= 4 is 5.69 Å². The monoisotopic (exact) mass is 246 g/mol. The summed E-state index contributed by atoms with van der Waals surface area (Å²) in [5, 5.41) is 3.69. The number of nitrogens with zero attached hydrogens (tertiary/aromatic N) is 1. The summed E-state index contributed by atoms with van der Waals surface area (Å²) in [6, 6.07) is 4.82. The maximum atomic E-state index is 4.35. The van der Waals surface area contributed by atoms with Crippen molar-refractivity contribution in [3.63, 3.8) is 0 Å². The highest BCUT2D eigenvalue weighted by molar-refractivity contribution is 5.47. The first-order valence-corrected chi connectivity index (χ1v) is 7.47. The zero-order valence-electron chi connectivity index (χ0n) is 11.8. The van der Waals surface area contributed by atoms with Crippen LogP contribution in [-0.4, -0.2) is 11.0 Å². The van der Waals surface area contributed by atoms with Crippen LogP contribution in [-0.2, 0) is 0 Å². The lowest BCUT2D eigenvalue weighted by molar-refractivity contribution is 0.422. The van der Waals surface area contributed by atoms with Gasteiger partial charge in [0.25, 0.3) is 0 Å². The highest BCUT2D eigenvalue weighted by Crippen LogP contribution is 2.28. The van der Waals surface area contributed by atoms with E-state index in [2.05, 4.69) is 30.2 Å². The van der Waals surface area contributed by atoms with Crippen molar-refractivity contribution in [2.75, 3.05) is 5.32 Å². The van der Waals surface area contributed by atoms with Gasteiger partial charge in [0.2, 0.25) is 0 Å². The van der Waals surface area contributed by atoms with Crippen molar-refractivity contribution < 1.29 is 0 Å². The molecule has 2 heteroatoms. The highest BCUT2D eigenvalue weighted by atomic mass is 14.9. The summed E-state index contributed by atoms with van der Waals surface area (Å²) in [5.74, 6) is 0.969. The van der Waals surface area contributed by atoms with Crippen molar-refractivity contribution in [1.29, 1.82) is 0 Å². The van der Waals surface area contributed by atoms with E-state index in [-0.39, 0.29) is 0 Å². The fourth-order valence-electron chi connectivity index (χ4n) is 3.08. The van der Waals surface area contributed by atoms with Gasteiger partial charge in [-0.1, -0.05) is 32.6 Å². The lowest BCUT2D eigenvalue weighted by Gasteiger charge is -2.19. The molecule has 2 nitrogen and oxygen atoms in total. The Kier molecular flexibility index (Phi) is 5.03. The summed E-state index contributed by atoms with van der Waals surface area (Å²) < 4.78 is 0. The molecule has 0 bridgehead atoms. The Bertz CT molecular complexity index is 362. The van der Waals surface area contributed by atoms with Gasteiger partial charge in [-0.25, -0.2) is 0 Å². The average molecular weight is 246 g/mol. The van der Waals surface area contributed by atoms with E-state index in [0.717, 1.165) is 11.6 Å². The molecule has 0 aliphatic heterocycles. The number of pyridine rings is 1. The van der Waals surface area contributed by atoms with E-state index < -0.39 is 0 Å². The quantitative estimate of drug-likeness (QED) is 0.788. The van der Waals surface area contributed by atoms with Crippen LogP contribution >= 0.6 is 0 Å². The lowest BCUT2D eigenvalue weighted by atomic mass is 9.95. The third-order valence-electron chi connectivity index (χ3n) is 4.15. The maximum absolute atomic E-state index is 4.35. The molecule has 0 aromatic carbocycles. The highest BCUT2D eigenvalue weighted by Gasteiger charge is 2.18. The van der Waals surface area contributed by atoms with Crippen molar-refractivity contribution in [1.82, 2.24) is 4.98 Å². The summed E-state index contributed by atoms with van der Waals surface area (Å²) in [6.07, 6.45) is 11.5. The summed E-state index contributed by atoms with van der Waals surface area (Å²) in [6.45, 7) is 4.39. The van der Waals surface area contributed by atoms with E-state index in [9.17, 15) is 0 Å². The molecular weight excluding hydrogens is 220 g/mol. The van der Waals surface area contributed by atoms with Gasteiger partial charge >= 0.3 is 0 Å². The largest absolute Gasteiger partial charge is 0.381 e.